The number of aromatic nitrogens is 4. The molecule has 0 aliphatic carbocycles. The summed E-state index contributed by atoms with van der Waals surface area (Å²) in [5.41, 5.74) is 4.46. The summed E-state index contributed by atoms with van der Waals surface area (Å²) < 4.78 is 17.0. The van der Waals surface area contributed by atoms with Crippen LogP contribution in [0.4, 0.5) is 4.39 Å². The zero-order chi connectivity index (χ0) is 22.6. The first-order chi connectivity index (χ1) is 16.2. The molecule has 2 atom stereocenters. The van der Waals surface area contributed by atoms with Crippen molar-refractivity contribution in [2.75, 3.05) is 19.6 Å². The fraction of sp³-hybridized carbons (Fsp3) is 0.407. The van der Waals surface area contributed by atoms with Crippen LogP contribution in [-0.2, 0) is 6.42 Å². The molecule has 33 heavy (non-hydrogen) atoms. The normalized spacial score (nSPS) is 17.4. The molecule has 1 saturated heterocycles. The number of nitrogens with zero attached hydrogens (tertiary/aromatic N) is 4. The molecule has 0 saturated carbocycles. The highest BCUT2D eigenvalue weighted by atomic mass is 19.1. The van der Waals surface area contributed by atoms with Crippen molar-refractivity contribution in [3.05, 3.63) is 78.5 Å². The highest BCUT2D eigenvalue weighted by Gasteiger charge is 2.24. The van der Waals surface area contributed by atoms with E-state index in [4.69, 9.17) is 0 Å². The van der Waals surface area contributed by atoms with Crippen LogP contribution in [0.3, 0.4) is 0 Å². The maximum atomic E-state index is 15.1. The predicted octanol–water partition coefficient (Wildman–Crippen LogP) is 5.54. The minimum Gasteiger partial charge on any atom is -0.361 e. The fourth-order valence-electron chi connectivity index (χ4n) is 5.19. The Bertz CT molecular complexity index is 1150. The van der Waals surface area contributed by atoms with Gasteiger partial charge in [0.2, 0.25) is 0 Å². The Morgan fingerprint density at radius 2 is 1.82 bits per heavy atom. The molecular formula is C27H32FN5. The quantitative estimate of drug-likeness (QED) is 0.388. The molecule has 0 amide bonds. The van der Waals surface area contributed by atoms with Gasteiger partial charge in [-0.3, -0.25) is 4.57 Å². The van der Waals surface area contributed by atoms with E-state index in [9.17, 15) is 0 Å². The molecule has 2 aromatic heterocycles. The van der Waals surface area contributed by atoms with Crippen LogP contribution in [0.1, 0.15) is 43.2 Å². The lowest BCUT2D eigenvalue weighted by Crippen LogP contribution is -2.36. The first-order valence-electron chi connectivity index (χ1n) is 12.0. The average molecular weight is 446 g/mol. The van der Waals surface area contributed by atoms with Gasteiger partial charge in [-0.05, 0) is 73.5 Å². The number of halogens is 1. The smallest absolute Gasteiger partial charge is 0.123 e. The van der Waals surface area contributed by atoms with Crippen LogP contribution in [-0.4, -0.2) is 50.5 Å². The van der Waals surface area contributed by atoms with E-state index in [2.05, 4.69) is 63.4 Å². The summed E-state index contributed by atoms with van der Waals surface area (Å²) in [7, 11) is 0. The van der Waals surface area contributed by atoms with Gasteiger partial charge in [0.05, 0.1) is 0 Å². The van der Waals surface area contributed by atoms with Gasteiger partial charge in [-0.2, -0.15) is 0 Å². The molecule has 0 spiro atoms. The topological polar surface area (TPSA) is 49.7 Å². The zero-order valence-electron chi connectivity index (χ0n) is 19.2. The number of likely N-dealkylation sites (tertiary alicyclic amines) is 1. The summed E-state index contributed by atoms with van der Waals surface area (Å²) >= 11 is 0. The van der Waals surface area contributed by atoms with Gasteiger partial charge in [-0.15, -0.1) is 10.2 Å². The third kappa shape index (κ3) is 5.17. The van der Waals surface area contributed by atoms with Gasteiger partial charge < -0.3 is 9.88 Å². The van der Waals surface area contributed by atoms with Gasteiger partial charge in [0.15, 0.2) is 0 Å². The number of fused-ring (bicyclic) bond motifs is 1. The van der Waals surface area contributed by atoms with Crippen LogP contribution < -0.4 is 0 Å². The molecule has 2 aromatic carbocycles. The van der Waals surface area contributed by atoms with Crippen LogP contribution >= 0.6 is 0 Å². The molecule has 1 N–H and O–H groups in total. The van der Waals surface area contributed by atoms with Crippen molar-refractivity contribution in [3.8, 4) is 5.69 Å². The van der Waals surface area contributed by atoms with Crippen LogP contribution in [0.15, 0.2) is 67.4 Å². The summed E-state index contributed by atoms with van der Waals surface area (Å²) in [5, 5.41) is 8.84. The van der Waals surface area contributed by atoms with Crippen molar-refractivity contribution >= 4 is 10.9 Å². The molecule has 2 unspecified atom stereocenters. The van der Waals surface area contributed by atoms with E-state index in [1.54, 1.807) is 12.7 Å². The van der Waals surface area contributed by atoms with E-state index in [1.807, 2.05) is 22.9 Å². The van der Waals surface area contributed by atoms with Gasteiger partial charge in [-0.25, -0.2) is 4.39 Å². The second-order valence-corrected chi connectivity index (χ2v) is 9.51. The lowest BCUT2D eigenvalue weighted by Gasteiger charge is -2.34. The molecule has 4 aromatic rings. The summed E-state index contributed by atoms with van der Waals surface area (Å²) in [5.74, 6) is 1.00. The first-order valence-corrected chi connectivity index (χ1v) is 12.0. The highest BCUT2D eigenvalue weighted by Crippen LogP contribution is 2.29. The number of alkyl halides is 1. The van der Waals surface area contributed by atoms with Crippen molar-refractivity contribution in [2.45, 2.75) is 44.7 Å². The Morgan fingerprint density at radius 1 is 1.06 bits per heavy atom. The molecular weight excluding hydrogens is 413 g/mol. The minimum absolute atomic E-state index is 0.455. The predicted molar refractivity (Wildman–Crippen MR) is 130 cm³/mol. The Morgan fingerprint density at radius 3 is 2.58 bits per heavy atom. The van der Waals surface area contributed by atoms with E-state index >= 15 is 4.39 Å². The molecule has 6 heteroatoms. The van der Waals surface area contributed by atoms with E-state index in [1.165, 1.54) is 5.56 Å². The van der Waals surface area contributed by atoms with E-state index in [-0.39, 0.29) is 0 Å². The lowest BCUT2D eigenvalue weighted by atomic mass is 9.89. The van der Waals surface area contributed by atoms with Gasteiger partial charge in [0.25, 0.3) is 0 Å². The van der Waals surface area contributed by atoms with Crippen molar-refractivity contribution in [1.29, 1.82) is 0 Å². The van der Waals surface area contributed by atoms with Crippen LogP contribution in [0.2, 0.25) is 0 Å². The number of rotatable bonds is 8. The molecule has 0 radical (unpaired) electrons. The molecule has 172 valence electrons. The zero-order valence-corrected chi connectivity index (χ0v) is 19.2. The second kappa shape index (κ2) is 9.87. The standard InChI is InChI=1S/C27H32FN5/c1-20(22-5-3-2-4-6-22)17-32-11-9-21(10-12-32)13-24(28)14-23-16-29-27-8-7-25(15-26(23)27)33-18-30-31-19-33/h2-8,15-16,18-21,24,29H,9-14,17H2,1H3. The van der Waals surface area contributed by atoms with Gasteiger partial charge >= 0.3 is 0 Å². The SMILES string of the molecule is CC(CN1CCC(CC(F)Cc2c[nH]c3ccc(-n4cnnc4)cc23)CC1)c1ccccc1. The summed E-state index contributed by atoms with van der Waals surface area (Å²) in [6, 6.07) is 16.9. The number of hydrogen-bond acceptors (Lipinski definition) is 3. The Kier molecular flexibility index (Phi) is 6.53. The maximum absolute atomic E-state index is 15.1. The van der Waals surface area contributed by atoms with E-state index < -0.39 is 6.17 Å². The monoisotopic (exact) mass is 445 g/mol. The first kappa shape index (κ1) is 21.8. The summed E-state index contributed by atoms with van der Waals surface area (Å²) in [6.07, 6.45) is 7.79. The van der Waals surface area contributed by atoms with Crippen LogP contribution in [0, 0.1) is 5.92 Å². The van der Waals surface area contributed by atoms with E-state index in [0.717, 1.165) is 54.6 Å². The molecule has 1 fully saturated rings. The Labute approximate surface area is 194 Å². The average Bonchev–Trinajstić information content (AvgIpc) is 3.51. The lowest BCUT2D eigenvalue weighted by molar-refractivity contribution is 0.149. The highest BCUT2D eigenvalue weighted by molar-refractivity contribution is 5.85. The van der Waals surface area contributed by atoms with Crippen molar-refractivity contribution in [1.82, 2.24) is 24.6 Å². The third-order valence-electron chi connectivity index (χ3n) is 7.11. The summed E-state index contributed by atoms with van der Waals surface area (Å²) in [6.45, 7) is 5.53. The molecule has 1 aliphatic rings. The number of nitrogens with one attached hydrogen (secondary N) is 1. The number of aromatic amines is 1. The number of hydrogen-bond donors (Lipinski definition) is 1. The van der Waals surface area contributed by atoms with Crippen molar-refractivity contribution in [3.63, 3.8) is 0 Å². The Hall–Kier alpha value is -2.99. The number of piperidine rings is 1. The van der Waals surface area contributed by atoms with Gasteiger partial charge in [-0.1, -0.05) is 37.3 Å². The third-order valence-corrected chi connectivity index (χ3v) is 7.11. The molecule has 5 rings (SSSR count). The van der Waals surface area contributed by atoms with Crippen molar-refractivity contribution in [2.24, 2.45) is 5.92 Å². The fourth-order valence-corrected chi connectivity index (χ4v) is 5.19. The molecule has 5 nitrogen and oxygen atoms in total. The summed E-state index contributed by atoms with van der Waals surface area (Å²) in [4.78, 5) is 5.84. The molecule has 1 aliphatic heterocycles. The Balaban J connectivity index is 1.14. The molecule has 3 heterocycles. The van der Waals surface area contributed by atoms with E-state index in [0.29, 0.717) is 24.7 Å². The van der Waals surface area contributed by atoms with Crippen LogP contribution in [0.5, 0.6) is 0 Å². The van der Waals surface area contributed by atoms with Gasteiger partial charge in [0.1, 0.15) is 18.8 Å². The molecule has 0 bridgehead atoms. The van der Waals surface area contributed by atoms with Crippen LogP contribution in [0.25, 0.3) is 16.6 Å². The van der Waals surface area contributed by atoms with Crippen molar-refractivity contribution < 1.29 is 4.39 Å². The number of H-pyrrole nitrogens is 1. The minimum atomic E-state index is -0.817. The maximum Gasteiger partial charge on any atom is 0.123 e. The number of benzene rings is 2. The second-order valence-electron chi connectivity index (χ2n) is 9.51. The van der Waals surface area contributed by atoms with Gasteiger partial charge in [0, 0.05) is 35.8 Å². The largest absolute Gasteiger partial charge is 0.361 e.